The van der Waals surface area contributed by atoms with Gasteiger partial charge in [0.1, 0.15) is 0 Å². The molecule has 0 bridgehead atoms. The highest BCUT2D eigenvalue weighted by molar-refractivity contribution is 6.34. The van der Waals surface area contributed by atoms with Crippen molar-refractivity contribution in [1.29, 1.82) is 0 Å². The number of hydrogen-bond acceptors (Lipinski definition) is 3. The van der Waals surface area contributed by atoms with Crippen LogP contribution in [0.4, 0.5) is 0 Å². The average Bonchev–Trinajstić information content (AvgIpc) is 2.50. The first-order valence-corrected chi connectivity index (χ1v) is 3.60. The molecule has 6 nitrogen and oxygen atoms in total. The minimum absolute atomic E-state index is 0.0660. The Morgan fingerprint density at radius 3 is 2.69 bits per heavy atom. The minimum atomic E-state index is -1.08. The van der Waals surface area contributed by atoms with Crippen LogP contribution >= 0.6 is 0 Å². The molecule has 0 fully saturated rings. The number of rotatable bonds is 1. The van der Waals surface area contributed by atoms with E-state index in [9.17, 15) is 4.79 Å². The lowest BCUT2D eigenvalue weighted by Gasteiger charge is -2.10. The lowest BCUT2D eigenvalue weighted by molar-refractivity contribution is -0.130. The fourth-order valence-electron chi connectivity index (χ4n) is 0.740. The maximum Gasteiger partial charge on any atom is 0.373 e. The van der Waals surface area contributed by atoms with E-state index in [0.29, 0.717) is 0 Å². The summed E-state index contributed by atoms with van der Waals surface area (Å²) in [5.41, 5.74) is 0. The monoisotopic (exact) mass is 182 g/mol. The summed E-state index contributed by atoms with van der Waals surface area (Å²) in [6.45, 7) is 0. The first-order valence-electron chi connectivity index (χ1n) is 3.60. The van der Waals surface area contributed by atoms with Crippen molar-refractivity contribution < 1.29 is 9.90 Å². The lowest BCUT2D eigenvalue weighted by Crippen LogP contribution is -2.30. The van der Waals surface area contributed by atoms with Gasteiger partial charge in [0.2, 0.25) is 5.84 Å². The van der Waals surface area contributed by atoms with Gasteiger partial charge in [-0.1, -0.05) is 0 Å². The number of carboxylic acid groups (broad SMARTS) is 1. The number of carbonyl (C=O) groups is 1. The van der Waals surface area contributed by atoms with Gasteiger partial charge in [-0.3, -0.25) is 0 Å². The normalized spacial score (nSPS) is 11.4. The Hall–Kier alpha value is -1.85. The molecule has 0 radical (unpaired) electrons. The van der Waals surface area contributed by atoms with E-state index in [1.54, 1.807) is 26.4 Å². The van der Waals surface area contributed by atoms with Crippen LogP contribution in [0.15, 0.2) is 23.6 Å². The highest BCUT2D eigenvalue weighted by atomic mass is 16.4. The second-order valence-electron chi connectivity index (χ2n) is 2.55. The van der Waals surface area contributed by atoms with E-state index in [1.165, 1.54) is 15.9 Å². The Balaban J connectivity index is 2.94. The van der Waals surface area contributed by atoms with Crippen LogP contribution in [0, 0.1) is 0 Å². The Kier molecular flexibility index (Phi) is 2.63. The summed E-state index contributed by atoms with van der Waals surface area (Å²) >= 11 is 0. The molecule has 0 saturated heterocycles. The molecule has 70 valence electrons. The van der Waals surface area contributed by atoms with Gasteiger partial charge in [0.25, 0.3) is 0 Å². The van der Waals surface area contributed by atoms with Gasteiger partial charge < -0.3 is 10.0 Å². The molecule has 0 aromatic carbocycles. The zero-order chi connectivity index (χ0) is 9.84. The van der Waals surface area contributed by atoms with E-state index in [1.807, 2.05) is 0 Å². The van der Waals surface area contributed by atoms with Gasteiger partial charge >= 0.3 is 5.97 Å². The van der Waals surface area contributed by atoms with Crippen molar-refractivity contribution in [3.63, 3.8) is 0 Å². The number of aliphatic carboxylic acids is 1. The molecule has 0 amide bonds. The summed E-state index contributed by atoms with van der Waals surface area (Å²) in [6.07, 6.45) is 3.09. The third-order valence-corrected chi connectivity index (χ3v) is 1.30. The third-order valence-electron chi connectivity index (χ3n) is 1.30. The summed E-state index contributed by atoms with van der Waals surface area (Å²) < 4.78 is 0. The number of amidine groups is 1. The first kappa shape index (κ1) is 9.24. The lowest BCUT2D eigenvalue weighted by atomic mass is 10.5. The van der Waals surface area contributed by atoms with Crippen LogP contribution in [0.25, 0.3) is 0 Å². The molecule has 0 unspecified atom stereocenters. The molecule has 0 saturated carbocycles. The third kappa shape index (κ3) is 2.29. The van der Waals surface area contributed by atoms with Crippen molar-refractivity contribution in [3.8, 4) is 0 Å². The van der Waals surface area contributed by atoms with Crippen LogP contribution in [-0.4, -0.2) is 45.8 Å². The Labute approximate surface area is 75.1 Å². The van der Waals surface area contributed by atoms with Crippen molar-refractivity contribution >= 4 is 11.8 Å². The smallest absolute Gasteiger partial charge is 0.373 e. The Bertz CT molecular complexity index is 315. The second kappa shape index (κ2) is 3.70. The molecule has 0 aliphatic rings. The Morgan fingerprint density at radius 2 is 2.31 bits per heavy atom. The van der Waals surface area contributed by atoms with Crippen LogP contribution in [0.5, 0.6) is 0 Å². The summed E-state index contributed by atoms with van der Waals surface area (Å²) in [4.78, 5) is 13.3. The second-order valence-corrected chi connectivity index (χ2v) is 2.55. The van der Waals surface area contributed by atoms with E-state index >= 15 is 0 Å². The van der Waals surface area contributed by atoms with Gasteiger partial charge in [-0.15, -0.1) is 5.10 Å². The highest BCUT2D eigenvalue weighted by Gasteiger charge is 2.11. The van der Waals surface area contributed by atoms with Crippen molar-refractivity contribution in [1.82, 2.24) is 14.8 Å². The van der Waals surface area contributed by atoms with Gasteiger partial charge in [-0.25, -0.2) is 4.79 Å². The SMILES string of the molecule is CN(C)/C(=N/n1cccn1)C(=O)O. The van der Waals surface area contributed by atoms with E-state index < -0.39 is 5.97 Å². The van der Waals surface area contributed by atoms with E-state index in [0.717, 1.165) is 0 Å². The van der Waals surface area contributed by atoms with Crippen LogP contribution in [-0.2, 0) is 4.79 Å². The molecule has 0 aliphatic carbocycles. The predicted octanol–water partition coefficient (Wildman–Crippen LogP) is -0.309. The van der Waals surface area contributed by atoms with Gasteiger partial charge in [-0.2, -0.15) is 9.89 Å². The molecule has 1 aromatic rings. The molecule has 13 heavy (non-hydrogen) atoms. The summed E-state index contributed by atoms with van der Waals surface area (Å²) in [5.74, 6) is -1.15. The summed E-state index contributed by atoms with van der Waals surface area (Å²) in [5, 5.41) is 16.3. The molecular formula is C7H10N4O2. The van der Waals surface area contributed by atoms with Crippen LogP contribution < -0.4 is 0 Å². The van der Waals surface area contributed by atoms with Crippen molar-refractivity contribution in [3.05, 3.63) is 18.5 Å². The fraction of sp³-hybridized carbons (Fsp3) is 0.286. The first-order chi connectivity index (χ1) is 6.11. The molecule has 0 aliphatic heterocycles. The quantitative estimate of drug-likeness (QED) is 0.477. The highest BCUT2D eigenvalue weighted by Crippen LogP contribution is 1.88. The van der Waals surface area contributed by atoms with Gasteiger partial charge in [-0.05, 0) is 6.07 Å². The standard InChI is InChI=1S/C7H10N4O2/c1-10(2)6(7(12)13)9-11-5-3-4-8-11/h3-5H,1-2H3,(H,12,13)/b9-6+. The molecular weight excluding hydrogens is 172 g/mol. The van der Waals surface area contributed by atoms with Gasteiger partial charge in [0.05, 0.1) is 12.4 Å². The summed E-state index contributed by atoms with van der Waals surface area (Å²) in [7, 11) is 3.22. The Morgan fingerprint density at radius 1 is 1.62 bits per heavy atom. The minimum Gasteiger partial charge on any atom is -0.475 e. The molecule has 1 rings (SSSR count). The van der Waals surface area contributed by atoms with Crippen LogP contribution in [0.1, 0.15) is 0 Å². The van der Waals surface area contributed by atoms with E-state index in [2.05, 4.69) is 10.2 Å². The largest absolute Gasteiger partial charge is 0.475 e. The van der Waals surface area contributed by atoms with Gasteiger partial charge in [0.15, 0.2) is 0 Å². The summed E-state index contributed by atoms with van der Waals surface area (Å²) in [6, 6.07) is 1.67. The molecule has 0 spiro atoms. The molecule has 6 heteroatoms. The number of nitrogens with zero attached hydrogens (tertiary/aromatic N) is 4. The zero-order valence-corrected chi connectivity index (χ0v) is 7.38. The number of aromatic nitrogens is 2. The fourth-order valence-corrected chi connectivity index (χ4v) is 0.740. The van der Waals surface area contributed by atoms with Crippen molar-refractivity contribution in [2.45, 2.75) is 0 Å². The predicted molar refractivity (Wildman–Crippen MR) is 46.4 cm³/mol. The maximum absolute atomic E-state index is 10.7. The number of hydrogen-bond donors (Lipinski definition) is 1. The van der Waals surface area contributed by atoms with Crippen LogP contribution in [0.2, 0.25) is 0 Å². The molecule has 1 N–H and O–H groups in total. The molecule has 0 atom stereocenters. The van der Waals surface area contributed by atoms with Crippen LogP contribution in [0.3, 0.4) is 0 Å². The molecule has 1 aromatic heterocycles. The maximum atomic E-state index is 10.7. The van der Waals surface area contributed by atoms with Crippen molar-refractivity contribution in [2.75, 3.05) is 14.1 Å². The van der Waals surface area contributed by atoms with E-state index in [4.69, 9.17) is 5.11 Å². The van der Waals surface area contributed by atoms with E-state index in [-0.39, 0.29) is 5.84 Å². The zero-order valence-electron chi connectivity index (χ0n) is 7.38. The van der Waals surface area contributed by atoms with Gasteiger partial charge in [0, 0.05) is 14.1 Å². The van der Waals surface area contributed by atoms with Crippen molar-refractivity contribution in [2.24, 2.45) is 5.10 Å². The number of carboxylic acids is 1. The number of likely N-dealkylation sites (N-methyl/N-ethyl adjacent to an activating group) is 1. The molecule has 1 heterocycles. The average molecular weight is 182 g/mol. The topological polar surface area (TPSA) is 70.7 Å².